The molecule has 19 heavy (non-hydrogen) atoms. The Bertz CT molecular complexity index is 477. The molecule has 1 heterocycles. The minimum Gasteiger partial charge on any atom is -0.249 e. The molecule has 0 N–H and O–H groups in total. The summed E-state index contributed by atoms with van der Waals surface area (Å²) < 4.78 is 13.8. The molecule has 0 spiro atoms. The lowest BCUT2D eigenvalue weighted by Gasteiger charge is -2.26. The van der Waals surface area contributed by atoms with Crippen LogP contribution in [0, 0.1) is 5.41 Å². The highest BCUT2D eigenvalue weighted by molar-refractivity contribution is 5.59. The summed E-state index contributed by atoms with van der Waals surface area (Å²) in [6.45, 7) is 10.6. The van der Waals surface area contributed by atoms with Crippen molar-refractivity contribution >= 4 is 5.57 Å². The van der Waals surface area contributed by atoms with Gasteiger partial charge in [0.2, 0.25) is 0 Å². The van der Waals surface area contributed by atoms with Crippen LogP contribution in [0.15, 0.2) is 17.5 Å². The van der Waals surface area contributed by atoms with Gasteiger partial charge in [-0.05, 0) is 37.7 Å². The lowest BCUT2D eigenvalue weighted by Crippen LogP contribution is -2.14. The first-order valence-electron chi connectivity index (χ1n) is 6.88. The zero-order chi connectivity index (χ0) is 14.5. The third-order valence-corrected chi connectivity index (χ3v) is 4.08. The van der Waals surface area contributed by atoms with Gasteiger partial charge in [0.1, 0.15) is 12.4 Å². The molecule has 0 atom stereocenters. The second-order valence-corrected chi connectivity index (χ2v) is 5.20. The summed E-state index contributed by atoms with van der Waals surface area (Å²) in [7, 11) is 0. The van der Waals surface area contributed by atoms with Crippen LogP contribution in [0.1, 0.15) is 53.2 Å². The fraction of sp³-hybridized carbons (Fsp3) is 0.667. The van der Waals surface area contributed by atoms with Gasteiger partial charge in [-0.2, -0.15) is 0 Å². The zero-order valence-electron chi connectivity index (χ0n) is 12.6. The molecule has 0 aliphatic rings. The second-order valence-electron chi connectivity index (χ2n) is 5.20. The summed E-state index contributed by atoms with van der Waals surface area (Å²) in [5.41, 5.74) is 6.55. The third-order valence-electron chi connectivity index (χ3n) is 4.08. The molecule has 0 aromatic carbocycles. The third kappa shape index (κ3) is 3.77. The predicted octanol–water partition coefficient (Wildman–Crippen LogP) is 4.02. The number of aryl methyl sites for hydroxylation is 1. The lowest BCUT2D eigenvalue weighted by atomic mass is 9.78. The molecule has 1 rings (SSSR count). The monoisotopic (exact) mass is 265 g/mol. The van der Waals surface area contributed by atoms with Crippen LogP contribution in [0.5, 0.6) is 0 Å². The van der Waals surface area contributed by atoms with E-state index < -0.39 is 6.67 Å². The van der Waals surface area contributed by atoms with E-state index in [1.807, 2.05) is 6.92 Å². The molecule has 0 saturated heterocycles. The number of alkyl halides is 1. The van der Waals surface area contributed by atoms with Crippen molar-refractivity contribution in [2.24, 2.45) is 5.41 Å². The van der Waals surface area contributed by atoms with Crippen LogP contribution in [0.4, 0.5) is 4.39 Å². The van der Waals surface area contributed by atoms with Gasteiger partial charge in [-0.25, -0.2) is 9.07 Å². The number of halogens is 1. The van der Waals surface area contributed by atoms with Gasteiger partial charge in [-0.1, -0.05) is 26.0 Å². The maximum atomic E-state index is 12.2. The van der Waals surface area contributed by atoms with E-state index in [0.717, 1.165) is 24.1 Å². The Labute approximate surface area is 115 Å². The van der Waals surface area contributed by atoms with Crippen LogP contribution in [0.3, 0.4) is 0 Å². The molecular formula is C15H24FN3. The molecule has 1 aromatic rings. The van der Waals surface area contributed by atoms with Crippen LogP contribution in [0.2, 0.25) is 0 Å². The van der Waals surface area contributed by atoms with Crippen molar-refractivity contribution in [2.75, 3.05) is 6.67 Å². The number of rotatable bonds is 6. The fourth-order valence-corrected chi connectivity index (χ4v) is 1.94. The number of hydrogen-bond acceptors (Lipinski definition) is 2. The Kier molecular flexibility index (Phi) is 5.49. The quantitative estimate of drug-likeness (QED) is 0.727. The van der Waals surface area contributed by atoms with Crippen molar-refractivity contribution in [1.82, 2.24) is 15.0 Å². The van der Waals surface area contributed by atoms with E-state index >= 15 is 0 Å². The first-order valence-corrected chi connectivity index (χ1v) is 6.88. The number of allylic oxidation sites excluding steroid dienone is 1. The average Bonchev–Trinajstić information content (AvgIpc) is 2.86. The van der Waals surface area contributed by atoms with Crippen molar-refractivity contribution in [3.8, 4) is 0 Å². The highest BCUT2D eigenvalue weighted by Gasteiger charge is 2.21. The van der Waals surface area contributed by atoms with Gasteiger partial charge >= 0.3 is 0 Å². The van der Waals surface area contributed by atoms with Crippen molar-refractivity contribution in [2.45, 2.75) is 54.0 Å². The second kappa shape index (κ2) is 6.67. The van der Waals surface area contributed by atoms with Crippen LogP contribution < -0.4 is 0 Å². The van der Waals surface area contributed by atoms with Gasteiger partial charge in [0.25, 0.3) is 0 Å². The van der Waals surface area contributed by atoms with Gasteiger partial charge in [0.15, 0.2) is 0 Å². The molecule has 1 aromatic heterocycles. The summed E-state index contributed by atoms with van der Waals surface area (Å²) in [4.78, 5) is 0. The van der Waals surface area contributed by atoms with Crippen LogP contribution in [0.25, 0.3) is 5.57 Å². The van der Waals surface area contributed by atoms with Crippen molar-refractivity contribution < 1.29 is 4.39 Å². The Hall–Kier alpha value is -1.41. The summed E-state index contributed by atoms with van der Waals surface area (Å²) >= 11 is 0. The van der Waals surface area contributed by atoms with Crippen LogP contribution >= 0.6 is 0 Å². The molecule has 0 amide bonds. The van der Waals surface area contributed by atoms with Gasteiger partial charge in [-0.3, -0.25) is 0 Å². The Balaban J connectivity index is 3.08. The molecule has 3 nitrogen and oxygen atoms in total. The predicted molar refractivity (Wildman–Crippen MR) is 76.5 cm³/mol. The van der Waals surface area contributed by atoms with E-state index in [2.05, 4.69) is 43.7 Å². The van der Waals surface area contributed by atoms with E-state index in [1.54, 1.807) is 6.20 Å². The SMILES string of the molecule is CCC(C)(CC)C(C)=C=C(C)c1cn(CCF)nn1. The highest BCUT2D eigenvalue weighted by Crippen LogP contribution is 2.33. The largest absolute Gasteiger partial charge is 0.249 e. The zero-order valence-corrected chi connectivity index (χ0v) is 12.6. The molecule has 0 unspecified atom stereocenters. The maximum absolute atomic E-state index is 12.2. The molecule has 0 aliphatic heterocycles. The summed E-state index contributed by atoms with van der Waals surface area (Å²) in [6.07, 6.45) is 3.94. The van der Waals surface area contributed by atoms with Crippen molar-refractivity contribution in [3.63, 3.8) is 0 Å². The standard InChI is InChI=1S/C15H24FN3/c1-6-15(5,7-2)13(4)10-12(3)14-11-19(9-8-16)18-17-14/h11H,6-9H2,1-5H3. The molecule has 106 valence electrons. The van der Waals surface area contributed by atoms with Crippen molar-refractivity contribution in [3.05, 3.63) is 23.2 Å². The number of hydrogen-bond donors (Lipinski definition) is 0. The Morgan fingerprint density at radius 3 is 2.53 bits per heavy atom. The van der Waals surface area contributed by atoms with Gasteiger partial charge < -0.3 is 0 Å². The van der Waals surface area contributed by atoms with Crippen molar-refractivity contribution in [1.29, 1.82) is 0 Å². The Morgan fingerprint density at radius 2 is 2.00 bits per heavy atom. The van der Waals surface area contributed by atoms with E-state index in [-0.39, 0.29) is 12.0 Å². The van der Waals surface area contributed by atoms with Crippen LogP contribution in [-0.4, -0.2) is 21.7 Å². The maximum Gasteiger partial charge on any atom is 0.116 e. The molecule has 0 bridgehead atoms. The number of aromatic nitrogens is 3. The molecule has 0 fully saturated rings. The molecule has 0 aliphatic carbocycles. The first kappa shape index (κ1) is 15.6. The number of nitrogens with zero attached hydrogens (tertiary/aromatic N) is 3. The molecular weight excluding hydrogens is 241 g/mol. The highest BCUT2D eigenvalue weighted by atomic mass is 19.1. The van der Waals surface area contributed by atoms with E-state index in [9.17, 15) is 4.39 Å². The van der Waals surface area contributed by atoms with E-state index in [0.29, 0.717) is 0 Å². The van der Waals surface area contributed by atoms with Gasteiger partial charge in [0.05, 0.1) is 12.7 Å². The minimum atomic E-state index is -0.426. The van der Waals surface area contributed by atoms with E-state index in [1.165, 1.54) is 10.3 Å². The summed E-state index contributed by atoms with van der Waals surface area (Å²) in [5, 5.41) is 7.95. The normalized spacial score (nSPS) is 11.3. The molecule has 0 radical (unpaired) electrons. The molecule has 4 heteroatoms. The van der Waals surface area contributed by atoms with E-state index in [4.69, 9.17) is 0 Å². The Morgan fingerprint density at radius 1 is 1.37 bits per heavy atom. The molecule has 0 saturated carbocycles. The summed E-state index contributed by atoms with van der Waals surface area (Å²) in [6, 6.07) is 0. The minimum absolute atomic E-state index is 0.177. The topological polar surface area (TPSA) is 30.7 Å². The van der Waals surface area contributed by atoms with Crippen LogP contribution in [-0.2, 0) is 6.54 Å². The first-order chi connectivity index (χ1) is 8.96. The smallest absolute Gasteiger partial charge is 0.116 e. The fourth-order valence-electron chi connectivity index (χ4n) is 1.94. The van der Waals surface area contributed by atoms with Gasteiger partial charge in [-0.15, -0.1) is 10.8 Å². The lowest BCUT2D eigenvalue weighted by molar-refractivity contribution is 0.368. The summed E-state index contributed by atoms with van der Waals surface area (Å²) in [5.74, 6) is 0. The van der Waals surface area contributed by atoms with Gasteiger partial charge in [0, 0.05) is 5.57 Å². The average molecular weight is 265 g/mol.